The number of nitrogens with zero attached hydrogens (tertiary/aromatic N) is 3. The van der Waals surface area contributed by atoms with Gasteiger partial charge in [0.2, 0.25) is 0 Å². The molecule has 152 valence electrons. The van der Waals surface area contributed by atoms with Crippen LogP contribution in [0.5, 0.6) is 0 Å². The van der Waals surface area contributed by atoms with E-state index in [9.17, 15) is 0 Å². The lowest BCUT2D eigenvalue weighted by Gasteiger charge is -2.35. The highest BCUT2D eigenvalue weighted by atomic mass is 15.2. The number of imidazole rings is 1. The molecule has 1 atom stereocenters. The lowest BCUT2D eigenvalue weighted by atomic mass is 9.97. The van der Waals surface area contributed by atoms with Gasteiger partial charge in [0, 0.05) is 24.0 Å². The van der Waals surface area contributed by atoms with E-state index in [1.807, 2.05) is 12.3 Å². The zero-order valence-corrected chi connectivity index (χ0v) is 17.4. The molecule has 5 aromatic rings. The Morgan fingerprint density at radius 2 is 1.69 bits per heavy atom. The minimum atomic E-state index is 0.165. The smallest absolute Gasteiger partial charge is 0.139 e. The van der Waals surface area contributed by atoms with Crippen LogP contribution in [0.25, 0.3) is 39.6 Å². The molecule has 1 aliphatic carbocycles. The minimum Gasteiger partial charge on any atom is -0.356 e. The molecule has 4 nitrogen and oxygen atoms in total. The van der Waals surface area contributed by atoms with Crippen molar-refractivity contribution < 1.29 is 0 Å². The van der Waals surface area contributed by atoms with Crippen molar-refractivity contribution in [1.29, 1.82) is 0 Å². The quantitative estimate of drug-likeness (QED) is 0.374. The molecule has 0 saturated heterocycles. The van der Waals surface area contributed by atoms with E-state index in [0.717, 1.165) is 29.0 Å². The predicted molar refractivity (Wildman–Crippen MR) is 129 cm³/mol. The Labute approximate surface area is 185 Å². The maximum atomic E-state index is 4.89. The molecule has 0 fully saturated rings. The third-order valence-corrected chi connectivity index (χ3v) is 6.61. The fourth-order valence-corrected chi connectivity index (χ4v) is 5.27. The highest BCUT2D eigenvalue weighted by molar-refractivity contribution is 5.93. The number of nitrogens with one attached hydrogen (secondary N) is 1. The van der Waals surface area contributed by atoms with Gasteiger partial charge in [-0.05, 0) is 39.9 Å². The topological polar surface area (TPSA) is 44.8 Å². The molecule has 2 aromatic heterocycles. The number of H-pyrrole nitrogens is 1. The van der Waals surface area contributed by atoms with Crippen LogP contribution in [0.15, 0.2) is 91.3 Å². The van der Waals surface area contributed by atoms with Gasteiger partial charge in [0.15, 0.2) is 0 Å². The minimum absolute atomic E-state index is 0.165. The van der Waals surface area contributed by atoms with Crippen LogP contribution in [0.2, 0.25) is 0 Å². The Morgan fingerprint density at radius 1 is 0.844 bits per heavy atom. The van der Waals surface area contributed by atoms with Crippen molar-refractivity contribution in [3.63, 3.8) is 0 Å². The molecule has 1 aliphatic heterocycles. The van der Waals surface area contributed by atoms with Gasteiger partial charge in [-0.2, -0.15) is 0 Å². The average Bonchev–Trinajstić information content (AvgIpc) is 3.43. The van der Waals surface area contributed by atoms with Gasteiger partial charge < -0.3 is 9.88 Å². The molecule has 1 unspecified atom stereocenters. The van der Waals surface area contributed by atoms with Crippen molar-refractivity contribution in [2.24, 2.45) is 0 Å². The first-order valence-corrected chi connectivity index (χ1v) is 10.9. The van der Waals surface area contributed by atoms with E-state index in [1.54, 1.807) is 6.20 Å². The first kappa shape index (κ1) is 17.5. The first-order chi connectivity index (χ1) is 15.9. The highest BCUT2D eigenvalue weighted by Crippen LogP contribution is 2.51. The van der Waals surface area contributed by atoms with Gasteiger partial charge in [-0.15, -0.1) is 0 Å². The third-order valence-electron chi connectivity index (χ3n) is 6.61. The van der Waals surface area contributed by atoms with E-state index in [2.05, 4.69) is 93.7 Å². The second-order valence-electron chi connectivity index (χ2n) is 8.35. The molecule has 7 rings (SSSR count). The second-order valence-corrected chi connectivity index (χ2v) is 8.35. The molecule has 0 radical (unpaired) electrons. The maximum absolute atomic E-state index is 4.89. The monoisotopic (exact) mass is 412 g/mol. The lowest BCUT2D eigenvalue weighted by molar-refractivity contribution is 0.760. The molecule has 0 saturated carbocycles. The fourth-order valence-electron chi connectivity index (χ4n) is 5.27. The predicted octanol–water partition coefficient (Wildman–Crippen LogP) is 6.23. The number of para-hydroxylation sites is 1. The molecular formula is C28H20N4. The Hall–Kier alpha value is -4.18. The van der Waals surface area contributed by atoms with E-state index >= 15 is 0 Å². The van der Waals surface area contributed by atoms with E-state index in [4.69, 9.17) is 4.98 Å². The van der Waals surface area contributed by atoms with Crippen molar-refractivity contribution in [2.75, 3.05) is 11.4 Å². The van der Waals surface area contributed by atoms with Gasteiger partial charge in [0.25, 0.3) is 0 Å². The Bertz CT molecular complexity index is 1490. The molecule has 3 aromatic carbocycles. The summed E-state index contributed by atoms with van der Waals surface area (Å²) in [5, 5.41) is 0. The maximum Gasteiger partial charge on any atom is 0.139 e. The van der Waals surface area contributed by atoms with Crippen LogP contribution in [0, 0.1) is 0 Å². The van der Waals surface area contributed by atoms with Crippen LogP contribution in [-0.2, 0) is 0 Å². The third kappa shape index (κ3) is 2.44. The van der Waals surface area contributed by atoms with Crippen LogP contribution in [0.4, 0.5) is 5.69 Å². The summed E-state index contributed by atoms with van der Waals surface area (Å²) in [6, 6.07) is 26.2. The van der Waals surface area contributed by atoms with Gasteiger partial charge in [0.1, 0.15) is 5.82 Å². The molecule has 32 heavy (non-hydrogen) atoms. The van der Waals surface area contributed by atoms with Crippen molar-refractivity contribution in [2.45, 2.75) is 6.04 Å². The Balaban J connectivity index is 1.47. The van der Waals surface area contributed by atoms with Crippen molar-refractivity contribution in [1.82, 2.24) is 15.0 Å². The largest absolute Gasteiger partial charge is 0.356 e. The number of rotatable bonds is 2. The molecule has 4 heteroatoms. The van der Waals surface area contributed by atoms with E-state index in [-0.39, 0.29) is 6.04 Å². The van der Waals surface area contributed by atoms with Gasteiger partial charge in [-0.25, -0.2) is 4.98 Å². The van der Waals surface area contributed by atoms with E-state index < -0.39 is 0 Å². The van der Waals surface area contributed by atoms with Crippen LogP contribution < -0.4 is 4.90 Å². The molecule has 1 N–H and O–H groups in total. The van der Waals surface area contributed by atoms with Gasteiger partial charge >= 0.3 is 0 Å². The first-order valence-electron chi connectivity index (χ1n) is 10.9. The van der Waals surface area contributed by atoms with Crippen molar-refractivity contribution >= 4 is 22.8 Å². The normalized spacial score (nSPS) is 16.1. The zero-order valence-electron chi connectivity index (χ0n) is 17.4. The van der Waals surface area contributed by atoms with Crippen LogP contribution in [0.3, 0.4) is 0 Å². The van der Waals surface area contributed by atoms with E-state index in [1.165, 1.54) is 33.5 Å². The van der Waals surface area contributed by atoms with E-state index in [0.29, 0.717) is 0 Å². The summed E-state index contributed by atoms with van der Waals surface area (Å²) in [6.07, 6.45) is 8.11. The van der Waals surface area contributed by atoms with Crippen LogP contribution >= 0.6 is 0 Å². The summed E-state index contributed by atoms with van der Waals surface area (Å²) in [4.78, 5) is 15.1. The molecular weight excluding hydrogens is 392 g/mol. The van der Waals surface area contributed by atoms with Gasteiger partial charge in [-0.3, -0.25) is 4.98 Å². The number of pyridine rings is 1. The molecule has 0 spiro atoms. The Kier molecular flexibility index (Phi) is 3.64. The summed E-state index contributed by atoms with van der Waals surface area (Å²) >= 11 is 0. The lowest BCUT2D eigenvalue weighted by Crippen LogP contribution is -2.30. The molecule has 0 bridgehead atoms. The summed E-state index contributed by atoms with van der Waals surface area (Å²) in [5.74, 6) is 0.888. The van der Waals surface area contributed by atoms with Crippen LogP contribution in [-0.4, -0.2) is 21.5 Å². The SMILES string of the molecule is C1=Cc2ccccc2N(C2c3ccccc3-c3c(-c4nc5ccncc5[nH]4)cccc32)C1. The number of hydrogen-bond donors (Lipinski definition) is 1. The summed E-state index contributed by atoms with van der Waals surface area (Å²) in [5.41, 5.74) is 10.8. The standard InChI is InChI=1S/C28H20N4/c1-4-13-25-18(7-1)8-6-16-32(25)27-20-10-3-2-9-19(20)26-21(27)11-5-12-22(26)28-30-23-14-15-29-17-24(23)31-28/h1-15,17,27H,16H2,(H,30,31). The number of aromatic amines is 1. The summed E-state index contributed by atoms with van der Waals surface area (Å²) in [7, 11) is 0. The Morgan fingerprint density at radius 3 is 2.66 bits per heavy atom. The fraction of sp³-hybridized carbons (Fsp3) is 0.0714. The second kappa shape index (κ2) is 6.66. The highest BCUT2D eigenvalue weighted by Gasteiger charge is 2.35. The van der Waals surface area contributed by atoms with Crippen molar-refractivity contribution in [3.05, 3.63) is 108 Å². The number of aromatic nitrogens is 3. The molecule has 3 heterocycles. The number of anilines is 1. The number of fused-ring (bicyclic) bond motifs is 5. The summed E-state index contributed by atoms with van der Waals surface area (Å²) < 4.78 is 0. The molecule has 2 aliphatic rings. The molecule has 0 amide bonds. The van der Waals surface area contributed by atoms with Crippen molar-refractivity contribution in [3.8, 4) is 22.5 Å². The average molecular weight is 412 g/mol. The summed E-state index contributed by atoms with van der Waals surface area (Å²) in [6.45, 7) is 0.885. The number of hydrogen-bond acceptors (Lipinski definition) is 3. The van der Waals surface area contributed by atoms with Crippen LogP contribution in [0.1, 0.15) is 22.7 Å². The van der Waals surface area contributed by atoms with Gasteiger partial charge in [0.05, 0.1) is 23.3 Å². The zero-order chi connectivity index (χ0) is 21.1. The number of benzene rings is 3. The van der Waals surface area contributed by atoms with Gasteiger partial charge in [-0.1, -0.05) is 72.8 Å².